The number of fused-ring (bicyclic) bond motifs is 2. The molecular formula is C29H28N8. The Balaban J connectivity index is 1.38. The van der Waals surface area contributed by atoms with Gasteiger partial charge in [0.05, 0.1) is 22.9 Å². The number of pyridine rings is 3. The van der Waals surface area contributed by atoms with Gasteiger partial charge in [-0.25, -0.2) is 9.97 Å². The van der Waals surface area contributed by atoms with Gasteiger partial charge in [0.2, 0.25) is 0 Å². The van der Waals surface area contributed by atoms with Crippen LogP contribution >= 0.6 is 0 Å². The van der Waals surface area contributed by atoms with Crippen LogP contribution in [-0.2, 0) is 0 Å². The molecule has 0 unspecified atom stereocenters. The second kappa shape index (κ2) is 9.91. The van der Waals surface area contributed by atoms with Gasteiger partial charge in [-0.1, -0.05) is 24.8 Å². The molecule has 0 aliphatic carbocycles. The summed E-state index contributed by atoms with van der Waals surface area (Å²) in [6, 6.07) is 7.95. The Bertz CT molecular complexity index is 1630. The van der Waals surface area contributed by atoms with E-state index in [9.17, 15) is 0 Å². The monoisotopic (exact) mass is 488 g/mol. The number of hydrogen-bond donors (Lipinski definition) is 2. The first-order chi connectivity index (χ1) is 18.2. The molecule has 8 heteroatoms. The quantitative estimate of drug-likeness (QED) is 0.291. The van der Waals surface area contributed by atoms with Crippen molar-refractivity contribution in [2.75, 3.05) is 19.6 Å². The SMILES string of the molecule is C=C/C(=C\C(=C/C)c1ccc2[nH]nc(-c3nc4c(-c5cccnc5)cncc4[nH]3)c2n1)CN1CCCC1. The predicted molar refractivity (Wildman–Crippen MR) is 148 cm³/mol. The summed E-state index contributed by atoms with van der Waals surface area (Å²) in [7, 11) is 0. The molecule has 2 N–H and O–H groups in total. The highest BCUT2D eigenvalue weighted by molar-refractivity contribution is 5.95. The van der Waals surface area contributed by atoms with E-state index in [1.807, 2.05) is 49.7 Å². The molecule has 1 aliphatic rings. The van der Waals surface area contributed by atoms with Crippen LogP contribution < -0.4 is 0 Å². The van der Waals surface area contributed by atoms with Crippen molar-refractivity contribution in [2.24, 2.45) is 0 Å². The van der Waals surface area contributed by atoms with Crippen LogP contribution in [0, 0.1) is 0 Å². The van der Waals surface area contributed by atoms with Crippen LogP contribution in [0.4, 0.5) is 0 Å². The van der Waals surface area contributed by atoms with Crippen LogP contribution in [0.2, 0.25) is 0 Å². The van der Waals surface area contributed by atoms with E-state index in [4.69, 9.17) is 9.97 Å². The zero-order valence-electron chi connectivity index (χ0n) is 20.8. The number of aromatic amines is 2. The van der Waals surface area contributed by atoms with Crippen LogP contribution in [0.5, 0.6) is 0 Å². The molecule has 0 radical (unpaired) electrons. The fraction of sp³-hybridized carbons (Fsp3) is 0.207. The number of rotatable bonds is 7. The number of H-pyrrole nitrogens is 2. The molecule has 0 amide bonds. The Labute approximate surface area is 214 Å². The molecule has 5 aromatic heterocycles. The van der Waals surface area contributed by atoms with E-state index in [0.717, 1.165) is 64.1 Å². The molecule has 184 valence electrons. The molecule has 0 aromatic carbocycles. The minimum absolute atomic E-state index is 0.641. The molecule has 37 heavy (non-hydrogen) atoms. The van der Waals surface area contributed by atoms with E-state index in [1.54, 1.807) is 12.4 Å². The highest BCUT2D eigenvalue weighted by Crippen LogP contribution is 2.30. The number of allylic oxidation sites excluding steroid dienone is 3. The third-order valence-corrected chi connectivity index (χ3v) is 6.81. The Hall–Kier alpha value is -4.43. The predicted octanol–water partition coefficient (Wildman–Crippen LogP) is 5.57. The molecule has 1 fully saturated rings. The molecule has 0 bridgehead atoms. The fourth-order valence-electron chi connectivity index (χ4n) is 4.88. The van der Waals surface area contributed by atoms with Crippen molar-refractivity contribution in [1.29, 1.82) is 0 Å². The van der Waals surface area contributed by atoms with Crippen molar-refractivity contribution in [3.8, 4) is 22.6 Å². The van der Waals surface area contributed by atoms with Crippen molar-refractivity contribution in [1.82, 2.24) is 40.0 Å². The molecule has 0 atom stereocenters. The highest BCUT2D eigenvalue weighted by atomic mass is 15.2. The molecule has 0 saturated carbocycles. The fourth-order valence-corrected chi connectivity index (χ4v) is 4.88. The smallest absolute Gasteiger partial charge is 0.161 e. The second-order valence-corrected chi connectivity index (χ2v) is 9.23. The van der Waals surface area contributed by atoms with Gasteiger partial charge in [-0.3, -0.25) is 20.0 Å². The van der Waals surface area contributed by atoms with Gasteiger partial charge in [0.15, 0.2) is 11.5 Å². The Kier molecular flexibility index (Phi) is 6.16. The molecular weight excluding hydrogens is 460 g/mol. The van der Waals surface area contributed by atoms with Gasteiger partial charge in [0.25, 0.3) is 0 Å². The molecule has 1 aliphatic heterocycles. The molecule has 0 spiro atoms. The van der Waals surface area contributed by atoms with Gasteiger partial charge in [0.1, 0.15) is 11.0 Å². The summed E-state index contributed by atoms with van der Waals surface area (Å²) in [6.45, 7) is 9.29. The summed E-state index contributed by atoms with van der Waals surface area (Å²) in [6.07, 6.45) is 15.9. The van der Waals surface area contributed by atoms with Gasteiger partial charge in [-0.05, 0) is 68.3 Å². The van der Waals surface area contributed by atoms with Crippen LogP contribution in [0.3, 0.4) is 0 Å². The number of aromatic nitrogens is 7. The minimum Gasteiger partial charge on any atom is -0.335 e. The Morgan fingerprint density at radius 1 is 1.03 bits per heavy atom. The minimum atomic E-state index is 0.641. The Morgan fingerprint density at radius 2 is 1.92 bits per heavy atom. The standard InChI is InChI=1S/C29H28N8/c1-3-19(18-37-12-5-6-13-37)14-20(4-2)23-9-10-24-27(32-23)28(36-35-24)29-33-25-17-31-16-22(26(25)34-29)21-8-7-11-30-15-21/h3-4,7-11,14-17H,1,5-6,12-13,18H2,2H3,(H,33,34)(H,35,36)/b19-14+,20-4+. The molecule has 8 nitrogen and oxygen atoms in total. The average molecular weight is 489 g/mol. The lowest BCUT2D eigenvalue weighted by molar-refractivity contribution is 0.371. The van der Waals surface area contributed by atoms with Crippen molar-refractivity contribution in [3.63, 3.8) is 0 Å². The first-order valence-corrected chi connectivity index (χ1v) is 12.5. The normalized spacial score (nSPS) is 15.2. The van der Waals surface area contributed by atoms with Crippen LogP contribution in [0.15, 0.2) is 79.4 Å². The molecule has 5 aromatic rings. The zero-order chi connectivity index (χ0) is 25.2. The maximum atomic E-state index is 5.01. The largest absolute Gasteiger partial charge is 0.335 e. The van der Waals surface area contributed by atoms with E-state index < -0.39 is 0 Å². The summed E-state index contributed by atoms with van der Waals surface area (Å²) < 4.78 is 0. The van der Waals surface area contributed by atoms with Crippen molar-refractivity contribution >= 4 is 27.6 Å². The van der Waals surface area contributed by atoms with Crippen molar-refractivity contribution in [3.05, 3.63) is 85.1 Å². The number of nitrogens with zero attached hydrogens (tertiary/aromatic N) is 6. The van der Waals surface area contributed by atoms with E-state index in [2.05, 4.69) is 48.8 Å². The van der Waals surface area contributed by atoms with E-state index in [-0.39, 0.29) is 0 Å². The average Bonchev–Trinajstić information content (AvgIpc) is 3.70. The summed E-state index contributed by atoms with van der Waals surface area (Å²) >= 11 is 0. The molecule has 6 heterocycles. The zero-order valence-corrected chi connectivity index (χ0v) is 20.8. The highest BCUT2D eigenvalue weighted by Gasteiger charge is 2.18. The summed E-state index contributed by atoms with van der Waals surface area (Å²) in [4.78, 5) is 24.4. The number of hydrogen-bond acceptors (Lipinski definition) is 6. The van der Waals surface area contributed by atoms with Gasteiger partial charge in [0, 0.05) is 36.3 Å². The summed E-state index contributed by atoms with van der Waals surface area (Å²) in [5.74, 6) is 0.641. The van der Waals surface area contributed by atoms with E-state index in [1.165, 1.54) is 18.4 Å². The Morgan fingerprint density at radius 3 is 2.70 bits per heavy atom. The number of likely N-dealkylation sites (tertiary alicyclic amines) is 1. The lowest BCUT2D eigenvalue weighted by Gasteiger charge is -2.15. The first-order valence-electron chi connectivity index (χ1n) is 12.5. The number of nitrogens with one attached hydrogen (secondary N) is 2. The lowest BCUT2D eigenvalue weighted by atomic mass is 10.1. The van der Waals surface area contributed by atoms with Crippen LogP contribution in [0.1, 0.15) is 25.5 Å². The summed E-state index contributed by atoms with van der Waals surface area (Å²) in [5, 5.41) is 7.67. The summed E-state index contributed by atoms with van der Waals surface area (Å²) in [5.41, 5.74) is 8.94. The third-order valence-electron chi connectivity index (χ3n) is 6.81. The molecule has 1 saturated heterocycles. The lowest BCUT2D eigenvalue weighted by Crippen LogP contribution is -2.21. The van der Waals surface area contributed by atoms with Gasteiger partial charge in [-0.2, -0.15) is 5.10 Å². The van der Waals surface area contributed by atoms with Gasteiger partial charge >= 0.3 is 0 Å². The van der Waals surface area contributed by atoms with Crippen LogP contribution in [-0.4, -0.2) is 59.7 Å². The van der Waals surface area contributed by atoms with Gasteiger partial charge < -0.3 is 4.98 Å². The topological polar surface area (TPSA) is 99.3 Å². The van der Waals surface area contributed by atoms with Crippen molar-refractivity contribution in [2.45, 2.75) is 19.8 Å². The van der Waals surface area contributed by atoms with E-state index >= 15 is 0 Å². The maximum absolute atomic E-state index is 5.01. The first kappa shape index (κ1) is 23.0. The van der Waals surface area contributed by atoms with Gasteiger partial charge in [-0.15, -0.1) is 0 Å². The van der Waals surface area contributed by atoms with E-state index in [0.29, 0.717) is 11.5 Å². The third kappa shape index (κ3) is 4.47. The number of imidazole rings is 1. The second-order valence-electron chi connectivity index (χ2n) is 9.23. The van der Waals surface area contributed by atoms with Crippen molar-refractivity contribution < 1.29 is 0 Å². The molecule has 6 rings (SSSR count). The van der Waals surface area contributed by atoms with Crippen LogP contribution in [0.25, 0.3) is 50.3 Å². The maximum Gasteiger partial charge on any atom is 0.161 e.